The first-order valence-corrected chi connectivity index (χ1v) is 6.80. The van der Waals surface area contributed by atoms with Crippen LogP contribution in [0.5, 0.6) is 0 Å². The van der Waals surface area contributed by atoms with Crippen molar-refractivity contribution in [3.63, 3.8) is 0 Å². The zero-order valence-corrected chi connectivity index (χ0v) is 11.9. The van der Waals surface area contributed by atoms with E-state index in [1.165, 1.54) is 0 Å². The third kappa shape index (κ3) is 2.58. The number of halogens is 1. The molecule has 100 valence electrons. The van der Waals surface area contributed by atoms with Crippen LogP contribution in [0.2, 0.25) is 5.15 Å². The molecule has 1 aromatic carbocycles. The molecule has 0 radical (unpaired) electrons. The third-order valence-corrected chi connectivity index (χ3v) is 3.61. The lowest BCUT2D eigenvalue weighted by atomic mass is 10.1. The van der Waals surface area contributed by atoms with Gasteiger partial charge in [0.25, 0.3) is 0 Å². The number of benzene rings is 1. The highest BCUT2D eigenvalue weighted by atomic mass is 35.5. The van der Waals surface area contributed by atoms with Gasteiger partial charge in [-0.2, -0.15) is 0 Å². The minimum atomic E-state index is 0.544. The van der Waals surface area contributed by atoms with Gasteiger partial charge in [-0.05, 0) is 30.2 Å². The van der Waals surface area contributed by atoms with Crippen molar-refractivity contribution in [1.29, 1.82) is 0 Å². The molecule has 0 aliphatic carbocycles. The minimum Gasteiger partial charge on any atom is -0.380 e. The number of hydrogen-bond acceptors (Lipinski definition) is 3. The topological polar surface area (TPSA) is 37.8 Å². The summed E-state index contributed by atoms with van der Waals surface area (Å²) in [5.41, 5.74) is 4.12. The predicted molar refractivity (Wildman–Crippen MR) is 83.1 cm³/mol. The second kappa shape index (κ2) is 5.47. The third-order valence-electron chi connectivity index (χ3n) is 3.21. The first-order valence-electron chi connectivity index (χ1n) is 6.43. The van der Waals surface area contributed by atoms with Crippen molar-refractivity contribution in [2.75, 3.05) is 5.32 Å². The summed E-state index contributed by atoms with van der Waals surface area (Å²) in [6.45, 7) is 2.65. The van der Waals surface area contributed by atoms with Gasteiger partial charge in [-0.15, -0.1) is 0 Å². The Bertz CT molecular complexity index is 750. The molecule has 0 aliphatic rings. The highest BCUT2D eigenvalue weighted by molar-refractivity contribution is 6.30. The van der Waals surface area contributed by atoms with Crippen LogP contribution < -0.4 is 5.32 Å². The van der Waals surface area contributed by atoms with Crippen LogP contribution in [0, 0.1) is 6.92 Å². The number of nitrogens with zero attached hydrogens (tertiary/aromatic N) is 2. The molecule has 2 aromatic heterocycles. The SMILES string of the molecule is Cc1cc(NCc2cccc3cccnc23)cnc1Cl. The highest BCUT2D eigenvalue weighted by Crippen LogP contribution is 2.19. The van der Waals surface area contributed by atoms with Gasteiger partial charge in [-0.3, -0.25) is 4.98 Å². The van der Waals surface area contributed by atoms with E-state index in [2.05, 4.69) is 33.5 Å². The van der Waals surface area contributed by atoms with E-state index >= 15 is 0 Å². The smallest absolute Gasteiger partial charge is 0.132 e. The Labute approximate surface area is 122 Å². The standard InChI is InChI=1S/C16H14ClN3/c1-11-8-14(10-20-16(11)17)19-9-13-5-2-4-12-6-3-7-18-15(12)13/h2-8,10,19H,9H2,1H3. The zero-order valence-electron chi connectivity index (χ0n) is 11.1. The van der Waals surface area contributed by atoms with Gasteiger partial charge in [0.2, 0.25) is 0 Å². The van der Waals surface area contributed by atoms with Crippen molar-refractivity contribution in [2.45, 2.75) is 13.5 Å². The first kappa shape index (κ1) is 12.9. The maximum Gasteiger partial charge on any atom is 0.132 e. The molecule has 0 saturated carbocycles. The molecule has 1 N–H and O–H groups in total. The van der Waals surface area contributed by atoms with Gasteiger partial charge in [-0.1, -0.05) is 35.9 Å². The molecule has 0 spiro atoms. The second-order valence-electron chi connectivity index (χ2n) is 4.68. The van der Waals surface area contributed by atoms with Gasteiger partial charge in [0.1, 0.15) is 5.15 Å². The molecule has 3 nitrogen and oxygen atoms in total. The normalized spacial score (nSPS) is 10.7. The van der Waals surface area contributed by atoms with Crippen molar-refractivity contribution in [3.05, 3.63) is 65.1 Å². The molecule has 3 aromatic rings. The molecule has 0 bridgehead atoms. The van der Waals surface area contributed by atoms with Crippen LogP contribution in [0.15, 0.2) is 48.8 Å². The molecule has 0 amide bonds. The van der Waals surface area contributed by atoms with E-state index in [-0.39, 0.29) is 0 Å². The van der Waals surface area contributed by atoms with E-state index in [0.29, 0.717) is 11.7 Å². The number of pyridine rings is 2. The Balaban J connectivity index is 1.85. The average Bonchev–Trinajstić information content (AvgIpc) is 2.48. The van der Waals surface area contributed by atoms with Gasteiger partial charge in [0.05, 0.1) is 17.4 Å². The molecule has 0 atom stereocenters. The summed E-state index contributed by atoms with van der Waals surface area (Å²) in [5, 5.41) is 5.05. The Kier molecular flexibility index (Phi) is 3.52. The Morgan fingerprint density at radius 3 is 2.85 bits per heavy atom. The van der Waals surface area contributed by atoms with Gasteiger partial charge in [-0.25, -0.2) is 4.98 Å². The quantitative estimate of drug-likeness (QED) is 0.732. The number of fused-ring (bicyclic) bond motifs is 1. The molecule has 20 heavy (non-hydrogen) atoms. The monoisotopic (exact) mass is 283 g/mol. The lowest BCUT2D eigenvalue weighted by Crippen LogP contribution is -2.01. The Morgan fingerprint density at radius 1 is 1.15 bits per heavy atom. The highest BCUT2D eigenvalue weighted by Gasteiger charge is 2.03. The molecular weight excluding hydrogens is 270 g/mol. The van der Waals surface area contributed by atoms with Crippen molar-refractivity contribution < 1.29 is 0 Å². The average molecular weight is 284 g/mol. The number of nitrogens with one attached hydrogen (secondary N) is 1. The fourth-order valence-electron chi connectivity index (χ4n) is 2.16. The molecular formula is C16H14ClN3. The molecule has 0 unspecified atom stereocenters. The zero-order chi connectivity index (χ0) is 13.9. The maximum atomic E-state index is 5.93. The van der Waals surface area contributed by atoms with E-state index in [1.807, 2.05) is 31.3 Å². The maximum absolute atomic E-state index is 5.93. The fourth-order valence-corrected chi connectivity index (χ4v) is 2.27. The van der Waals surface area contributed by atoms with Crippen LogP contribution in [0.25, 0.3) is 10.9 Å². The molecule has 2 heterocycles. The van der Waals surface area contributed by atoms with E-state index in [1.54, 1.807) is 6.20 Å². The summed E-state index contributed by atoms with van der Waals surface area (Å²) in [5.74, 6) is 0. The summed E-state index contributed by atoms with van der Waals surface area (Å²) in [6.07, 6.45) is 3.56. The molecule has 3 rings (SSSR count). The van der Waals surface area contributed by atoms with Crippen molar-refractivity contribution in [3.8, 4) is 0 Å². The van der Waals surface area contributed by atoms with Crippen LogP contribution in [0.3, 0.4) is 0 Å². The van der Waals surface area contributed by atoms with Crippen LogP contribution in [-0.4, -0.2) is 9.97 Å². The summed E-state index contributed by atoms with van der Waals surface area (Å²) < 4.78 is 0. The van der Waals surface area contributed by atoms with Crippen molar-refractivity contribution >= 4 is 28.2 Å². The van der Waals surface area contributed by atoms with Crippen LogP contribution in [-0.2, 0) is 6.54 Å². The molecule has 0 fully saturated rings. The van der Waals surface area contributed by atoms with Gasteiger partial charge < -0.3 is 5.32 Å². The van der Waals surface area contributed by atoms with E-state index in [4.69, 9.17) is 11.6 Å². The fraction of sp³-hybridized carbons (Fsp3) is 0.125. The van der Waals surface area contributed by atoms with Crippen molar-refractivity contribution in [2.24, 2.45) is 0 Å². The van der Waals surface area contributed by atoms with Crippen LogP contribution in [0.1, 0.15) is 11.1 Å². The van der Waals surface area contributed by atoms with E-state index in [0.717, 1.165) is 27.7 Å². The van der Waals surface area contributed by atoms with Crippen LogP contribution >= 0.6 is 11.6 Å². The van der Waals surface area contributed by atoms with Crippen LogP contribution in [0.4, 0.5) is 5.69 Å². The van der Waals surface area contributed by atoms with Gasteiger partial charge in [0, 0.05) is 18.1 Å². The van der Waals surface area contributed by atoms with Gasteiger partial charge in [0.15, 0.2) is 0 Å². The van der Waals surface area contributed by atoms with E-state index in [9.17, 15) is 0 Å². The summed E-state index contributed by atoms with van der Waals surface area (Å²) in [6, 6.07) is 12.2. The lowest BCUT2D eigenvalue weighted by molar-refractivity contribution is 1.13. The number of aromatic nitrogens is 2. The molecule has 0 saturated heterocycles. The number of para-hydroxylation sites is 1. The lowest BCUT2D eigenvalue weighted by Gasteiger charge is -2.09. The first-order chi connectivity index (χ1) is 9.74. The number of rotatable bonds is 3. The number of hydrogen-bond donors (Lipinski definition) is 1. The van der Waals surface area contributed by atoms with Crippen molar-refractivity contribution in [1.82, 2.24) is 9.97 Å². The summed E-state index contributed by atoms with van der Waals surface area (Å²) in [4.78, 5) is 8.59. The van der Waals surface area contributed by atoms with E-state index < -0.39 is 0 Å². The number of aryl methyl sites for hydroxylation is 1. The molecule has 4 heteroatoms. The largest absolute Gasteiger partial charge is 0.380 e. The Morgan fingerprint density at radius 2 is 2.00 bits per heavy atom. The van der Waals surface area contributed by atoms with Gasteiger partial charge >= 0.3 is 0 Å². The second-order valence-corrected chi connectivity index (χ2v) is 5.04. The predicted octanol–water partition coefficient (Wildman–Crippen LogP) is 4.20. The Hall–Kier alpha value is -2.13. The summed E-state index contributed by atoms with van der Waals surface area (Å²) >= 11 is 5.93. The molecule has 0 aliphatic heterocycles. The number of anilines is 1. The minimum absolute atomic E-state index is 0.544. The summed E-state index contributed by atoms with van der Waals surface area (Å²) in [7, 11) is 0.